The summed E-state index contributed by atoms with van der Waals surface area (Å²) >= 11 is 0. The summed E-state index contributed by atoms with van der Waals surface area (Å²) in [6, 6.07) is 22.1. The molecular weight excluding hydrogens is 276 g/mol. The normalized spacial score (nSPS) is 10.4. The minimum Gasteiger partial charge on any atom is -0.507 e. The minimum absolute atomic E-state index is 0.0779. The smallest absolute Gasteiger partial charge is 0.340 e. The molecule has 0 saturated carbocycles. The zero-order valence-electron chi connectivity index (χ0n) is 11.7. The summed E-state index contributed by atoms with van der Waals surface area (Å²) in [5.74, 6) is -1.37. The molecule has 0 aliphatic carbocycles. The second-order valence-electron chi connectivity index (χ2n) is 4.96. The number of benzene rings is 3. The van der Waals surface area contributed by atoms with Crippen molar-refractivity contribution in [3.8, 4) is 28.0 Å². The number of carboxylic acids is 1. The van der Waals surface area contributed by atoms with E-state index < -0.39 is 5.97 Å². The van der Waals surface area contributed by atoms with Crippen LogP contribution in [-0.4, -0.2) is 16.2 Å². The van der Waals surface area contributed by atoms with Gasteiger partial charge in [-0.3, -0.25) is 0 Å². The summed E-state index contributed by atoms with van der Waals surface area (Å²) in [5.41, 5.74) is 2.89. The SMILES string of the molecule is O=C(O)c1c(O)cc(-c2ccccc2)cc1-c1ccccc1. The van der Waals surface area contributed by atoms with Gasteiger partial charge in [0.15, 0.2) is 0 Å². The predicted octanol–water partition coefficient (Wildman–Crippen LogP) is 4.42. The molecule has 0 radical (unpaired) electrons. The van der Waals surface area contributed by atoms with Crippen molar-refractivity contribution in [1.29, 1.82) is 0 Å². The van der Waals surface area contributed by atoms with Gasteiger partial charge in [-0.05, 0) is 28.8 Å². The van der Waals surface area contributed by atoms with Crippen LogP contribution in [0.2, 0.25) is 0 Å². The second-order valence-corrected chi connectivity index (χ2v) is 4.96. The van der Waals surface area contributed by atoms with Crippen molar-refractivity contribution in [1.82, 2.24) is 0 Å². The number of aromatic carboxylic acids is 1. The summed E-state index contributed by atoms with van der Waals surface area (Å²) in [4.78, 5) is 11.5. The lowest BCUT2D eigenvalue weighted by atomic mass is 9.94. The first-order valence-corrected chi connectivity index (χ1v) is 6.88. The summed E-state index contributed by atoms with van der Waals surface area (Å²) in [5, 5.41) is 19.6. The number of rotatable bonds is 3. The number of aromatic hydroxyl groups is 1. The Morgan fingerprint density at radius 2 is 1.27 bits per heavy atom. The molecule has 0 saturated heterocycles. The Balaban J connectivity index is 2.26. The molecule has 3 aromatic rings. The molecule has 0 amide bonds. The molecule has 0 unspecified atom stereocenters. The average molecular weight is 290 g/mol. The van der Waals surface area contributed by atoms with Gasteiger partial charge in [-0.25, -0.2) is 4.79 Å². The van der Waals surface area contributed by atoms with Crippen LogP contribution in [0.1, 0.15) is 10.4 Å². The van der Waals surface area contributed by atoms with Crippen molar-refractivity contribution in [3.05, 3.63) is 78.4 Å². The molecule has 0 atom stereocenters. The van der Waals surface area contributed by atoms with Gasteiger partial charge in [0.05, 0.1) is 0 Å². The van der Waals surface area contributed by atoms with Crippen LogP contribution in [0.25, 0.3) is 22.3 Å². The molecule has 3 nitrogen and oxygen atoms in total. The van der Waals surface area contributed by atoms with Gasteiger partial charge in [-0.15, -0.1) is 0 Å². The highest BCUT2D eigenvalue weighted by molar-refractivity contribution is 6.00. The summed E-state index contributed by atoms with van der Waals surface area (Å²) in [6.07, 6.45) is 0. The topological polar surface area (TPSA) is 57.5 Å². The number of hydrogen-bond acceptors (Lipinski definition) is 2. The Labute approximate surface area is 128 Å². The number of hydrogen-bond donors (Lipinski definition) is 2. The van der Waals surface area contributed by atoms with E-state index >= 15 is 0 Å². The van der Waals surface area contributed by atoms with E-state index in [1.54, 1.807) is 6.07 Å². The zero-order chi connectivity index (χ0) is 15.5. The monoisotopic (exact) mass is 290 g/mol. The first-order valence-electron chi connectivity index (χ1n) is 6.88. The Kier molecular flexibility index (Phi) is 3.62. The summed E-state index contributed by atoms with van der Waals surface area (Å²) < 4.78 is 0. The van der Waals surface area contributed by atoms with Crippen LogP contribution in [0.15, 0.2) is 72.8 Å². The van der Waals surface area contributed by atoms with Crippen molar-refractivity contribution in [2.24, 2.45) is 0 Å². The highest BCUT2D eigenvalue weighted by Crippen LogP contribution is 2.35. The van der Waals surface area contributed by atoms with E-state index in [-0.39, 0.29) is 11.3 Å². The van der Waals surface area contributed by atoms with Gasteiger partial charge < -0.3 is 10.2 Å². The predicted molar refractivity (Wildman–Crippen MR) is 85.9 cm³/mol. The molecule has 2 N–H and O–H groups in total. The van der Waals surface area contributed by atoms with E-state index in [0.29, 0.717) is 5.56 Å². The largest absolute Gasteiger partial charge is 0.507 e. The van der Waals surface area contributed by atoms with Crippen molar-refractivity contribution in [3.63, 3.8) is 0 Å². The molecule has 3 rings (SSSR count). The molecule has 22 heavy (non-hydrogen) atoms. The molecule has 0 bridgehead atoms. The first-order chi connectivity index (χ1) is 10.7. The van der Waals surface area contributed by atoms with E-state index in [9.17, 15) is 15.0 Å². The number of carboxylic acid groups (broad SMARTS) is 1. The highest BCUT2D eigenvalue weighted by atomic mass is 16.4. The molecule has 3 aromatic carbocycles. The maximum atomic E-state index is 11.5. The maximum Gasteiger partial charge on any atom is 0.340 e. The standard InChI is InChI=1S/C19H14O3/c20-17-12-15(13-7-3-1-4-8-13)11-16(18(17)19(21)22)14-9-5-2-6-10-14/h1-12,20H,(H,21,22). The Bertz CT molecular complexity index is 809. The average Bonchev–Trinajstić information content (AvgIpc) is 2.55. The Hall–Kier alpha value is -3.07. The lowest BCUT2D eigenvalue weighted by Crippen LogP contribution is -2.01. The van der Waals surface area contributed by atoms with Crippen LogP contribution in [0.5, 0.6) is 5.75 Å². The minimum atomic E-state index is -1.14. The molecule has 108 valence electrons. The van der Waals surface area contributed by atoms with E-state index in [0.717, 1.165) is 16.7 Å². The fourth-order valence-electron chi connectivity index (χ4n) is 2.49. The molecule has 0 aromatic heterocycles. The van der Waals surface area contributed by atoms with Gasteiger partial charge in [0.1, 0.15) is 11.3 Å². The number of phenols is 1. The van der Waals surface area contributed by atoms with Crippen molar-refractivity contribution < 1.29 is 15.0 Å². The van der Waals surface area contributed by atoms with Crippen LogP contribution in [-0.2, 0) is 0 Å². The van der Waals surface area contributed by atoms with Gasteiger partial charge in [0, 0.05) is 5.56 Å². The van der Waals surface area contributed by atoms with Crippen LogP contribution >= 0.6 is 0 Å². The third-order valence-electron chi connectivity index (χ3n) is 3.52. The van der Waals surface area contributed by atoms with E-state index in [1.165, 1.54) is 6.07 Å². The van der Waals surface area contributed by atoms with Gasteiger partial charge in [-0.2, -0.15) is 0 Å². The molecule has 0 aliphatic heterocycles. The lowest BCUT2D eigenvalue weighted by molar-refractivity contribution is 0.0694. The molecular formula is C19H14O3. The van der Waals surface area contributed by atoms with Gasteiger partial charge in [-0.1, -0.05) is 60.7 Å². The van der Waals surface area contributed by atoms with Gasteiger partial charge in [0.25, 0.3) is 0 Å². The molecule has 0 spiro atoms. The van der Waals surface area contributed by atoms with E-state index in [4.69, 9.17) is 0 Å². The molecule has 0 fully saturated rings. The van der Waals surface area contributed by atoms with Crippen molar-refractivity contribution >= 4 is 5.97 Å². The first kappa shape index (κ1) is 13.9. The highest BCUT2D eigenvalue weighted by Gasteiger charge is 2.18. The summed E-state index contributed by atoms with van der Waals surface area (Å²) in [7, 11) is 0. The van der Waals surface area contributed by atoms with Crippen LogP contribution in [0.3, 0.4) is 0 Å². The van der Waals surface area contributed by atoms with Gasteiger partial charge in [0.2, 0.25) is 0 Å². The third kappa shape index (κ3) is 2.56. The van der Waals surface area contributed by atoms with Crippen LogP contribution in [0, 0.1) is 0 Å². The molecule has 0 heterocycles. The van der Waals surface area contributed by atoms with E-state index in [1.807, 2.05) is 60.7 Å². The van der Waals surface area contributed by atoms with E-state index in [2.05, 4.69) is 0 Å². The fraction of sp³-hybridized carbons (Fsp3) is 0. The molecule has 0 aliphatic rings. The van der Waals surface area contributed by atoms with Crippen molar-refractivity contribution in [2.75, 3.05) is 0 Å². The lowest BCUT2D eigenvalue weighted by Gasteiger charge is -2.12. The zero-order valence-corrected chi connectivity index (χ0v) is 11.7. The molecule has 3 heteroatoms. The van der Waals surface area contributed by atoms with Crippen LogP contribution < -0.4 is 0 Å². The number of carbonyl (C=O) groups is 1. The van der Waals surface area contributed by atoms with Crippen molar-refractivity contribution in [2.45, 2.75) is 0 Å². The van der Waals surface area contributed by atoms with Crippen LogP contribution in [0.4, 0.5) is 0 Å². The van der Waals surface area contributed by atoms with Gasteiger partial charge >= 0.3 is 5.97 Å². The third-order valence-corrected chi connectivity index (χ3v) is 3.52. The Morgan fingerprint density at radius 3 is 1.82 bits per heavy atom. The quantitative estimate of drug-likeness (QED) is 0.750. The second kappa shape index (κ2) is 5.74. The summed E-state index contributed by atoms with van der Waals surface area (Å²) in [6.45, 7) is 0. The maximum absolute atomic E-state index is 11.5. The Morgan fingerprint density at radius 1 is 0.727 bits per heavy atom. The fourth-order valence-corrected chi connectivity index (χ4v) is 2.49.